The molecule has 1 N–H and O–H groups in total. The fraction of sp³-hybridized carbons (Fsp3) is 0.0870. The van der Waals surface area contributed by atoms with Gasteiger partial charge in [-0.3, -0.25) is 14.2 Å². The molecular formula is C23H11ClF5N5O3. The molecule has 0 aliphatic carbocycles. The van der Waals surface area contributed by atoms with Crippen molar-refractivity contribution >= 4 is 11.6 Å². The Balaban J connectivity index is 1.78. The Morgan fingerprint density at radius 2 is 1.84 bits per heavy atom. The summed E-state index contributed by atoms with van der Waals surface area (Å²) in [6.07, 6.45) is -4.51. The zero-order valence-electron chi connectivity index (χ0n) is 18.1. The second-order valence-electron chi connectivity index (χ2n) is 7.48. The molecule has 2 aromatic heterocycles. The summed E-state index contributed by atoms with van der Waals surface area (Å²) in [6.45, 7) is -0.576. The summed E-state index contributed by atoms with van der Waals surface area (Å²) in [5.74, 6) is -3.82. The number of benzene rings is 2. The van der Waals surface area contributed by atoms with E-state index in [9.17, 15) is 31.5 Å². The van der Waals surface area contributed by atoms with Crippen LogP contribution in [-0.2, 0) is 12.7 Å². The molecule has 0 radical (unpaired) electrons. The lowest BCUT2D eigenvalue weighted by Crippen LogP contribution is -2.28. The largest absolute Gasteiger partial charge is 0.449 e. The molecule has 0 aliphatic rings. The molecule has 0 fully saturated rings. The number of alkyl halides is 3. The predicted molar refractivity (Wildman–Crippen MR) is 119 cm³/mol. The van der Waals surface area contributed by atoms with Crippen LogP contribution >= 0.6 is 11.6 Å². The SMILES string of the molecule is N#Cc1cc(Cl)cc(Oc2c(C(F)(F)F)ncn(Cc3cc(-c4ccc(F)c(F)c4)n[nH]c3=O)c2=O)c1. The summed E-state index contributed by atoms with van der Waals surface area (Å²) in [4.78, 5) is 28.6. The van der Waals surface area contributed by atoms with Gasteiger partial charge >= 0.3 is 6.18 Å². The number of nitrogens with one attached hydrogen (secondary N) is 1. The van der Waals surface area contributed by atoms with Crippen molar-refractivity contribution in [1.82, 2.24) is 19.7 Å². The number of hydrogen-bond acceptors (Lipinski definition) is 6. The van der Waals surface area contributed by atoms with Crippen LogP contribution < -0.4 is 15.9 Å². The molecule has 4 aromatic rings. The smallest absolute Gasteiger partial charge is 0.437 e. The summed E-state index contributed by atoms with van der Waals surface area (Å²) in [5, 5.41) is 14.9. The topological polar surface area (TPSA) is 114 Å². The van der Waals surface area contributed by atoms with Crippen molar-refractivity contribution in [2.75, 3.05) is 0 Å². The molecule has 37 heavy (non-hydrogen) atoms. The van der Waals surface area contributed by atoms with Gasteiger partial charge in [-0.15, -0.1) is 0 Å². The third-order valence-electron chi connectivity index (χ3n) is 4.92. The standard InChI is InChI=1S/C23H11ClF5N5O3/c24-14-3-11(8-30)4-15(7-14)37-19-20(23(27,28)29)31-10-34(22(19)36)9-13-6-18(32-33-21(13)35)12-1-2-16(25)17(26)5-12/h1-7,10H,9H2,(H,33,35). The highest BCUT2D eigenvalue weighted by molar-refractivity contribution is 6.30. The zero-order chi connectivity index (χ0) is 26.9. The molecule has 188 valence electrons. The molecule has 0 amide bonds. The van der Waals surface area contributed by atoms with Crippen molar-refractivity contribution in [3.8, 4) is 28.8 Å². The fourth-order valence-electron chi connectivity index (χ4n) is 3.23. The molecule has 8 nitrogen and oxygen atoms in total. The Morgan fingerprint density at radius 3 is 2.51 bits per heavy atom. The van der Waals surface area contributed by atoms with Crippen molar-refractivity contribution in [3.63, 3.8) is 0 Å². The van der Waals surface area contributed by atoms with Gasteiger partial charge in [0.25, 0.3) is 11.1 Å². The minimum absolute atomic E-state index is 0.000790. The van der Waals surface area contributed by atoms with Crippen LogP contribution in [0.5, 0.6) is 11.5 Å². The van der Waals surface area contributed by atoms with E-state index < -0.39 is 46.9 Å². The van der Waals surface area contributed by atoms with E-state index in [-0.39, 0.29) is 33.2 Å². The van der Waals surface area contributed by atoms with Crippen LogP contribution in [0.2, 0.25) is 5.02 Å². The molecule has 0 spiro atoms. The first kappa shape index (κ1) is 25.5. The van der Waals surface area contributed by atoms with Crippen LogP contribution in [0.25, 0.3) is 11.3 Å². The molecule has 0 unspecified atom stereocenters. The van der Waals surface area contributed by atoms with Crippen molar-refractivity contribution in [2.24, 2.45) is 0 Å². The van der Waals surface area contributed by atoms with E-state index in [1.165, 1.54) is 12.1 Å². The summed E-state index contributed by atoms with van der Waals surface area (Å²) in [7, 11) is 0. The summed E-state index contributed by atoms with van der Waals surface area (Å²) in [6, 6.07) is 9.20. The first-order chi connectivity index (χ1) is 17.5. The quantitative estimate of drug-likeness (QED) is 0.372. The molecule has 0 saturated heterocycles. The van der Waals surface area contributed by atoms with Crippen molar-refractivity contribution < 1.29 is 26.7 Å². The average Bonchev–Trinajstić information content (AvgIpc) is 2.83. The molecule has 2 heterocycles. The molecule has 14 heteroatoms. The lowest BCUT2D eigenvalue weighted by molar-refractivity contribution is -0.142. The van der Waals surface area contributed by atoms with Crippen LogP contribution in [0.3, 0.4) is 0 Å². The molecule has 4 rings (SSSR count). The Hall–Kier alpha value is -4.57. The first-order valence-corrected chi connectivity index (χ1v) is 10.4. The van der Waals surface area contributed by atoms with E-state index in [2.05, 4.69) is 15.2 Å². The van der Waals surface area contributed by atoms with E-state index in [4.69, 9.17) is 21.6 Å². The van der Waals surface area contributed by atoms with E-state index in [0.29, 0.717) is 10.9 Å². The van der Waals surface area contributed by atoms with Gasteiger partial charge in [-0.1, -0.05) is 11.6 Å². The highest BCUT2D eigenvalue weighted by atomic mass is 35.5. The maximum absolute atomic E-state index is 13.6. The van der Waals surface area contributed by atoms with Crippen LogP contribution in [-0.4, -0.2) is 19.7 Å². The molecular weight excluding hydrogens is 525 g/mol. The molecule has 2 aromatic carbocycles. The van der Waals surface area contributed by atoms with Gasteiger partial charge in [0.1, 0.15) is 5.75 Å². The maximum atomic E-state index is 13.6. The minimum Gasteiger partial charge on any atom is -0.449 e. The van der Waals surface area contributed by atoms with Gasteiger partial charge in [-0.2, -0.15) is 23.5 Å². The van der Waals surface area contributed by atoms with Crippen LogP contribution in [0, 0.1) is 23.0 Å². The summed E-state index contributed by atoms with van der Waals surface area (Å²) < 4.78 is 73.5. The number of halogens is 6. The van der Waals surface area contributed by atoms with Gasteiger partial charge in [0.15, 0.2) is 17.3 Å². The third kappa shape index (κ3) is 5.49. The Morgan fingerprint density at radius 1 is 1.08 bits per heavy atom. The van der Waals surface area contributed by atoms with E-state index in [1.54, 1.807) is 6.07 Å². The van der Waals surface area contributed by atoms with Crippen LogP contribution in [0.1, 0.15) is 16.8 Å². The maximum Gasteiger partial charge on any atom is 0.437 e. The van der Waals surface area contributed by atoms with Gasteiger partial charge in [0, 0.05) is 16.1 Å². The van der Waals surface area contributed by atoms with E-state index >= 15 is 0 Å². The monoisotopic (exact) mass is 535 g/mol. The highest BCUT2D eigenvalue weighted by Gasteiger charge is 2.38. The molecule has 0 aliphatic heterocycles. The number of H-pyrrole nitrogens is 1. The Kier molecular flexibility index (Phi) is 6.78. The highest BCUT2D eigenvalue weighted by Crippen LogP contribution is 2.35. The molecule has 0 atom stereocenters. The number of ether oxygens (including phenoxy) is 1. The van der Waals surface area contributed by atoms with Crippen LogP contribution in [0.4, 0.5) is 22.0 Å². The summed E-state index contributed by atoms with van der Waals surface area (Å²) in [5.41, 5.74) is -3.83. The lowest BCUT2D eigenvalue weighted by atomic mass is 10.1. The van der Waals surface area contributed by atoms with Gasteiger partial charge in [0.2, 0.25) is 5.75 Å². The number of aromatic nitrogens is 4. The Bertz CT molecular complexity index is 1680. The number of aromatic amines is 1. The van der Waals surface area contributed by atoms with Gasteiger partial charge < -0.3 is 4.74 Å². The second kappa shape index (κ2) is 9.82. The van der Waals surface area contributed by atoms with Crippen LogP contribution in [0.15, 0.2) is 58.4 Å². The fourth-order valence-corrected chi connectivity index (χ4v) is 3.46. The minimum atomic E-state index is -5.09. The predicted octanol–water partition coefficient (Wildman–Crippen LogP) is 4.66. The molecule has 0 bridgehead atoms. The first-order valence-electron chi connectivity index (χ1n) is 10.1. The lowest BCUT2D eigenvalue weighted by Gasteiger charge is -2.15. The molecule has 0 saturated carbocycles. The number of rotatable bonds is 5. The Labute approximate surface area is 208 Å². The van der Waals surface area contributed by atoms with Crippen molar-refractivity contribution in [2.45, 2.75) is 12.7 Å². The number of nitrogens with zero attached hydrogens (tertiary/aromatic N) is 4. The second-order valence-corrected chi connectivity index (χ2v) is 7.92. The van der Waals surface area contributed by atoms with Gasteiger partial charge in [-0.25, -0.2) is 18.9 Å². The van der Waals surface area contributed by atoms with Gasteiger partial charge in [0.05, 0.1) is 30.2 Å². The third-order valence-corrected chi connectivity index (χ3v) is 5.14. The summed E-state index contributed by atoms with van der Waals surface area (Å²) >= 11 is 5.86. The van der Waals surface area contributed by atoms with E-state index in [0.717, 1.165) is 30.3 Å². The van der Waals surface area contributed by atoms with Crippen molar-refractivity contribution in [1.29, 1.82) is 5.26 Å². The average molecular weight is 536 g/mol. The van der Waals surface area contributed by atoms with E-state index in [1.807, 2.05) is 0 Å². The number of nitriles is 1. The normalized spacial score (nSPS) is 11.3. The van der Waals surface area contributed by atoms with Gasteiger partial charge in [-0.05, 0) is 42.5 Å². The van der Waals surface area contributed by atoms with Crippen molar-refractivity contribution in [3.05, 3.63) is 103 Å². The zero-order valence-corrected chi connectivity index (χ0v) is 18.9. The number of hydrogen-bond donors (Lipinski definition) is 1.